The lowest BCUT2D eigenvalue weighted by Crippen LogP contribution is -2.50. The third kappa shape index (κ3) is 8.68. The van der Waals surface area contributed by atoms with E-state index in [4.69, 9.17) is 9.47 Å². The Hall–Kier alpha value is -2.17. The van der Waals surface area contributed by atoms with Crippen LogP contribution in [0.1, 0.15) is 66.2 Å². The van der Waals surface area contributed by atoms with Gasteiger partial charge in [-0.1, -0.05) is 39.2 Å². The SMILES string of the molecule is C=C(CCCCCCC)COc1ccc(N2CCN(C(=O)OC(C)(C)C)CC2)cc1. The predicted molar refractivity (Wildman–Crippen MR) is 124 cm³/mol. The fourth-order valence-corrected chi connectivity index (χ4v) is 3.46. The molecule has 1 fully saturated rings. The lowest BCUT2D eigenvalue weighted by Gasteiger charge is -2.36. The number of hydrogen-bond acceptors (Lipinski definition) is 4. The van der Waals surface area contributed by atoms with E-state index in [0.29, 0.717) is 19.7 Å². The molecule has 1 aromatic carbocycles. The van der Waals surface area contributed by atoms with Crippen molar-refractivity contribution in [3.63, 3.8) is 0 Å². The number of carbonyl (C=O) groups is 1. The number of rotatable bonds is 10. The number of piperazine rings is 1. The molecule has 5 nitrogen and oxygen atoms in total. The Bertz CT molecular complexity index is 656. The first-order chi connectivity index (χ1) is 14.3. The molecule has 0 unspecified atom stereocenters. The molecule has 168 valence electrons. The van der Waals surface area contributed by atoms with Gasteiger partial charge in [0.2, 0.25) is 0 Å². The molecule has 0 aliphatic carbocycles. The number of ether oxygens (including phenoxy) is 2. The van der Waals surface area contributed by atoms with Crippen molar-refractivity contribution >= 4 is 11.8 Å². The van der Waals surface area contributed by atoms with E-state index in [1.165, 1.54) is 32.1 Å². The van der Waals surface area contributed by atoms with Crippen LogP contribution in [-0.4, -0.2) is 49.4 Å². The summed E-state index contributed by atoms with van der Waals surface area (Å²) < 4.78 is 11.4. The second-order valence-corrected chi connectivity index (χ2v) is 9.15. The van der Waals surface area contributed by atoms with Gasteiger partial charge in [-0.3, -0.25) is 0 Å². The van der Waals surface area contributed by atoms with Gasteiger partial charge in [-0.25, -0.2) is 4.79 Å². The molecule has 1 aliphatic rings. The first kappa shape index (κ1) is 24.1. The highest BCUT2D eigenvalue weighted by Gasteiger charge is 2.25. The van der Waals surface area contributed by atoms with Gasteiger partial charge in [-0.15, -0.1) is 0 Å². The topological polar surface area (TPSA) is 42.0 Å². The van der Waals surface area contributed by atoms with Gasteiger partial charge in [-0.2, -0.15) is 0 Å². The Morgan fingerprint density at radius 3 is 2.23 bits per heavy atom. The quantitative estimate of drug-likeness (QED) is 0.344. The molecule has 30 heavy (non-hydrogen) atoms. The molecule has 1 saturated heterocycles. The second-order valence-electron chi connectivity index (χ2n) is 9.15. The molecule has 0 bridgehead atoms. The molecule has 0 N–H and O–H groups in total. The molecule has 1 amide bonds. The maximum absolute atomic E-state index is 12.2. The van der Waals surface area contributed by atoms with E-state index < -0.39 is 5.60 Å². The van der Waals surface area contributed by atoms with Crippen LogP contribution < -0.4 is 9.64 Å². The van der Waals surface area contributed by atoms with Gasteiger partial charge in [-0.05, 0) is 63.5 Å². The molecule has 2 rings (SSSR count). The summed E-state index contributed by atoms with van der Waals surface area (Å²) in [5, 5.41) is 0. The normalized spacial score (nSPS) is 14.5. The average Bonchev–Trinajstić information content (AvgIpc) is 2.71. The van der Waals surface area contributed by atoms with Crippen molar-refractivity contribution in [1.82, 2.24) is 4.90 Å². The Labute approximate surface area is 183 Å². The largest absolute Gasteiger partial charge is 0.489 e. The molecular formula is C25H40N2O3. The van der Waals surface area contributed by atoms with Gasteiger partial charge in [0.05, 0.1) is 0 Å². The average molecular weight is 417 g/mol. The molecule has 1 aromatic rings. The van der Waals surface area contributed by atoms with Crippen LogP contribution >= 0.6 is 0 Å². The summed E-state index contributed by atoms with van der Waals surface area (Å²) in [5.74, 6) is 0.873. The van der Waals surface area contributed by atoms with Gasteiger partial charge in [0, 0.05) is 31.9 Å². The Morgan fingerprint density at radius 2 is 1.63 bits per heavy atom. The molecular weight excluding hydrogens is 376 g/mol. The zero-order valence-corrected chi connectivity index (χ0v) is 19.4. The molecule has 1 aliphatic heterocycles. The Kier molecular flexibility index (Phi) is 9.54. The first-order valence-electron chi connectivity index (χ1n) is 11.4. The van der Waals surface area contributed by atoms with E-state index in [1.54, 1.807) is 4.90 Å². The van der Waals surface area contributed by atoms with Crippen molar-refractivity contribution < 1.29 is 14.3 Å². The van der Waals surface area contributed by atoms with Crippen molar-refractivity contribution in [1.29, 1.82) is 0 Å². The summed E-state index contributed by atoms with van der Waals surface area (Å²) in [5.41, 5.74) is 1.86. The lowest BCUT2D eigenvalue weighted by molar-refractivity contribution is 0.0240. The highest BCUT2D eigenvalue weighted by atomic mass is 16.6. The highest BCUT2D eigenvalue weighted by molar-refractivity contribution is 5.68. The number of amides is 1. The number of carbonyl (C=O) groups excluding carboxylic acids is 1. The molecule has 0 atom stereocenters. The van der Waals surface area contributed by atoms with E-state index in [-0.39, 0.29) is 6.09 Å². The highest BCUT2D eigenvalue weighted by Crippen LogP contribution is 2.22. The number of anilines is 1. The predicted octanol–water partition coefficient (Wildman–Crippen LogP) is 6.04. The summed E-state index contributed by atoms with van der Waals surface area (Å²) in [6.45, 7) is 15.6. The van der Waals surface area contributed by atoms with Crippen LogP contribution in [0.4, 0.5) is 10.5 Å². The van der Waals surface area contributed by atoms with Crippen LogP contribution in [0.15, 0.2) is 36.4 Å². The minimum atomic E-state index is -0.454. The van der Waals surface area contributed by atoms with Gasteiger partial charge in [0.1, 0.15) is 18.0 Å². The fourth-order valence-electron chi connectivity index (χ4n) is 3.46. The zero-order chi connectivity index (χ0) is 22.0. The van der Waals surface area contributed by atoms with Crippen LogP contribution in [0.5, 0.6) is 5.75 Å². The lowest BCUT2D eigenvalue weighted by atomic mass is 10.1. The molecule has 0 saturated carbocycles. The van der Waals surface area contributed by atoms with Gasteiger partial charge in [0.25, 0.3) is 0 Å². The van der Waals surface area contributed by atoms with E-state index in [9.17, 15) is 4.79 Å². The fraction of sp³-hybridized carbons (Fsp3) is 0.640. The van der Waals surface area contributed by atoms with Gasteiger partial charge < -0.3 is 19.3 Å². The summed E-state index contributed by atoms with van der Waals surface area (Å²) in [6.07, 6.45) is 7.22. The van der Waals surface area contributed by atoms with Crippen LogP contribution in [0, 0.1) is 0 Å². The van der Waals surface area contributed by atoms with Crippen LogP contribution in [-0.2, 0) is 4.74 Å². The maximum atomic E-state index is 12.2. The van der Waals surface area contributed by atoms with Crippen molar-refractivity contribution in [2.75, 3.05) is 37.7 Å². The van der Waals surface area contributed by atoms with Crippen molar-refractivity contribution in [3.05, 3.63) is 36.4 Å². The third-order valence-corrected chi connectivity index (χ3v) is 5.21. The van der Waals surface area contributed by atoms with Crippen molar-refractivity contribution in [3.8, 4) is 5.75 Å². The van der Waals surface area contributed by atoms with E-state index in [2.05, 4.69) is 30.5 Å². The van der Waals surface area contributed by atoms with Crippen LogP contribution in [0.2, 0.25) is 0 Å². The first-order valence-corrected chi connectivity index (χ1v) is 11.4. The molecule has 1 heterocycles. The minimum Gasteiger partial charge on any atom is -0.489 e. The molecule has 0 radical (unpaired) electrons. The molecule has 0 spiro atoms. The van der Waals surface area contributed by atoms with E-state index in [1.807, 2.05) is 32.9 Å². The van der Waals surface area contributed by atoms with Gasteiger partial charge in [0.15, 0.2) is 0 Å². The summed E-state index contributed by atoms with van der Waals surface area (Å²) in [7, 11) is 0. The van der Waals surface area contributed by atoms with Crippen LogP contribution in [0.25, 0.3) is 0 Å². The zero-order valence-electron chi connectivity index (χ0n) is 19.4. The van der Waals surface area contributed by atoms with Gasteiger partial charge >= 0.3 is 6.09 Å². The Morgan fingerprint density at radius 1 is 1.00 bits per heavy atom. The number of nitrogens with zero attached hydrogens (tertiary/aromatic N) is 2. The molecule has 0 aromatic heterocycles. The summed E-state index contributed by atoms with van der Waals surface area (Å²) >= 11 is 0. The Balaban J connectivity index is 1.71. The molecule has 5 heteroatoms. The standard InChI is InChI=1S/C25H40N2O3/c1-6-7-8-9-10-11-21(2)20-29-23-14-12-22(13-15-23)26-16-18-27(19-17-26)24(28)30-25(3,4)5/h12-15H,2,6-11,16-20H2,1,3-5H3. The number of unbranched alkanes of at least 4 members (excludes halogenated alkanes) is 4. The summed E-state index contributed by atoms with van der Waals surface area (Å²) in [4.78, 5) is 16.3. The van der Waals surface area contributed by atoms with E-state index in [0.717, 1.165) is 36.5 Å². The smallest absolute Gasteiger partial charge is 0.410 e. The monoisotopic (exact) mass is 416 g/mol. The number of benzene rings is 1. The maximum Gasteiger partial charge on any atom is 0.410 e. The number of hydrogen-bond donors (Lipinski definition) is 0. The van der Waals surface area contributed by atoms with Crippen molar-refractivity contribution in [2.24, 2.45) is 0 Å². The van der Waals surface area contributed by atoms with Crippen LogP contribution in [0.3, 0.4) is 0 Å². The second kappa shape index (κ2) is 11.9. The van der Waals surface area contributed by atoms with E-state index >= 15 is 0 Å². The summed E-state index contributed by atoms with van der Waals surface area (Å²) in [6, 6.07) is 8.21. The third-order valence-electron chi connectivity index (χ3n) is 5.21. The minimum absolute atomic E-state index is 0.225. The van der Waals surface area contributed by atoms with Crippen molar-refractivity contribution in [2.45, 2.75) is 71.8 Å².